The van der Waals surface area contributed by atoms with E-state index in [2.05, 4.69) is 0 Å². The summed E-state index contributed by atoms with van der Waals surface area (Å²) >= 11 is 11.0. The van der Waals surface area contributed by atoms with Gasteiger partial charge in [-0.1, -0.05) is 18.2 Å². The molecule has 5 nitrogen and oxygen atoms in total. The number of benzene rings is 1. The molecule has 2 N–H and O–H groups in total. The van der Waals surface area contributed by atoms with E-state index in [-0.39, 0.29) is 5.56 Å². The zero-order valence-electron chi connectivity index (χ0n) is 11.6. The van der Waals surface area contributed by atoms with Crippen LogP contribution in [0.2, 0.25) is 0 Å². The number of hydrogen-bond acceptors (Lipinski definition) is 3. The smallest absolute Gasteiger partial charge is 0.369 e. The minimum absolute atomic E-state index is 0.0880. The first-order chi connectivity index (χ1) is 10.4. The van der Waals surface area contributed by atoms with Gasteiger partial charge in [0.25, 0.3) is 0 Å². The van der Waals surface area contributed by atoms with E-state index in [1.807, 2.05) is 0 Å². The Labute approximate surface area is 141 Å². The second-order valence-corrected chi connectivity index (χ2v) is 7.85. The van der Waals surface area contributed by atoms with Crippen molar-refractivity contribution in [1.82, 2.24) is 4.31 Å². The van der Waals surface area contributed by atoms with Gasteiger partial charge in [-0.15, -0.1) is 23.2 Å². The molecule has 0 unspecified atom stereocenters. The van der Waals surface area contributed by atoms with Crippen LogP contribution in [0, 0.1) is 0 Å². The van der Waals surface area contributed by atoms with Crippen molar-refractivity contribution in [3.63, 3.8) is 0 Å². The fraction of sp³-hybridized carbons (Fsp3) is 0.417. The summed E-state index contributed by atoms with van der Waals surface area (Å²) in [5.41, 5.74) is 3.90. The first-order valence-electron chi connectivity index (χ1n) is 6.12. The fourth-order valence-corrected chi connectivity index (χ4v) is 3.72. The predicted molar refractivity (Wildman–Crippen MR) is 80.3 cm³/mol. The Morgan fingerprint density at radius 2 is 1.91 bits per heavy atom. The maximum absolute atomic E-state index is 12.6. The van der Waals surface area contributed by atoms with Crippen molar-refractivity contribution in [1.29, 1.82) is 0 Å². The molecular formula is C12H13Cl2F3N2O3S. The second kappa shape index (κ2) is 7.69. The average molecular weight is 393 g/mol. The van der Waals surface area contributed by atoms with E-state index in [9.17, 15) is 26.4 Å². The number of rotatable bonds is 7. The van der Waals surface area contributed by atoms with Crippen molar-refractivity contribution in [2.45, 2.75) is 16.8 Å². The molecule has 0 saturated carbocycles. The zero-order valence-corrected chi connectivity index (χ0v) is 13.9. The van der Waals surface area contributed by atoms with Gasteiger partial charge in [-0.3, -0.25) is 4.79 Å². The minimum Gasteiger partial charge on any atom is -0.369 e. The highest BCUT2D eigenvalue weighted by Crippen LogP contribution is 2.30. The summed E-state index contributed by atoms with van der Waals surface area (Å²) in [4.78, 5) is 9.84. The van der Waals surface area contributed by atoms with Gasteiger partial charge in [-0.25, -0.2) is 8.42 Å². The van der Waals surface area contributed by atoms with Crippen LogP contribution in [0.3, 0.4) is 0 Å². The summed E-state index contributed by atoms with van der Waals surface area (Å²) in [6, 6.07) is 3.87. The predicted octanol–water partition coefficient (Wildman–Crippen LogP) is 2.13. The van der Waals surface area contributed by atoms with Crippen LogP contribution in [0.4, 0.5) is 13.2 Å². The summed E-state index contributed by atoms with van der Waals surface area (Å²) in [6.45, 7) is -1.08. The third-order valence-corrected chi connectivity index (χ3v) is 4.71. The number of carbonyl (C=O) groups excluding carboxylic acids is 1. The fourth-order valence-electron chi connectivity index (χ4n) is 1.74. The third kappa shape index (κ3) is 6.54. The van der Waals surface area contributed by atoms with Gasteiger partial charge in [-0.05, 0) is 11.6 Å². The molecule has 0 aromatic heterocycles. The van der Waals surface area contributed by atoms with Crippen molar-refractivity contribution >= 4 is 39.1 Å². The first-order valence-corrected chi connectivity index (χ1v) is 8.60. The molecule has 0 aliphatic rings. The molecule has 23 heavy (non-hydrogen) atoms. The van der Waals surface area contributed by atoms with Gasteiger partial charge in [0.05, 0.1) is 17.9 Å². The molecule has 0 saturated heterocycles. The van der Waals surface area contributed by atoms with Crippen LogP contribution in [-0.2, 0) is 26.7 Å². The van der Waals surface area contributed by atoms with Gasteiger partial charge < -0.3 is 5.73 Å². The number of nitrogens with two attached hydrogens (primary N) is 1. The molecule has 1 aromatic rings. The summed E-state index contributed by atoms with van der Waals surface area (Å²) in [7, 11) is -4.13. The largest absolute Gasteiger partial charge is 0.416 e. The lowest BCUT2D eigenvalue weighted by molar-refractivity contribution is -0.137. The van der Waals surface area contributed by atoms with Gasteiger partial charge in [0.15, 0.2) is 0 Å². The Morgan fingerprint density at radius 3 is 2.39 bits per heavy atom. The van der Waals surface area contributed by atoms with Crippen LogP contribution in [0.15, 0.2) is 24.3 Å². The maximum atomic E-state index is 12.6. The summed E-state index contributed by atoms with van der Waals surface area (Å²) in [5, 5.41) is 0. The average Bonchev–Trinajstić information content (AvgIpc) is 2.35. The molecule has 1 amide bonds. The number of primary amides is 1. The van der Waals surface area contributed by atoms with Gasteiger partial charge >= 0.3 is 6.18 Å². The topological polar surface area (TPSA) is 80.5 Å². The maximum Gasteiger partial charge on any atom is 0.416 e. The Bertz CT molecular complexity index is 666. The van der Waals surface area contributed by atoms with Crippen molar-refractivity contribution in [3.05, 3.63) is 35.4 Å². The number of halogens is 5. The van der Waals surface area contributed by atoms with E-state index in [0.29, 0.717) is 4.31 Å². The standard InChI is InChI=1S/C12H13Cl2F3N2O3S/c13-10(14)5-19(6-11(18)20)23(21,22)7-8-2-1-3-9(4-8)12(15,16)17/h1-4,10H,5-7H2,(H2,18,20). The first kappa shape index (κ1) is 20.0. The highest BCUT2D eigenvalue weighted by atomic mass is 35.5. The molecule has 0 heterocycles. The summed E-state index contributed by atoms with van der Waals surface area (Å²) in [6.07, 6.45) is -4.59. The van der Waals surface area contributed by atoms with Crippen LogP contribution >= 0.6 is 23.2 Å². The van der Waals surface area contributed by atoms with Crippen LogP contribution in [-0.4, -0.2) is 36.6 Å². The highest BCUT2D eigenvalue weighted by molar-refractivity contribution is 7.88. The Kier molecular flexibility index (Phi) is 6.70. The Balaban J connectivity index is 3.05. The molecule has 1 aromatic carbocycles. The molecular weight excluding hydrogens is 380 g/mol. The molecule has 11 heteroatoms. The van der Waals surface area contributed by atoms with E-state index in [0.717, 1.165) is 18.2 Å². The highest BCUT2D eigenvalue weighted by Gasteiger charge is 2.31. The van der Waals surface area contributed by atoms with Gasteiger partial charge in [0, 0.05) is 6.54 Å². The molecule has 0 aliphatic carbocycles. The molecule has 0 atom stereocenters. The molecule has 130 valence electrons. The lowest BCUT2D eigenvalue weighted by atomic mass is 10.1. The minimum atomic E-state index is -4.59. The molecule has 0 aliphatic heterocycles. The molecule has 0 bridgehead atoms. The van der Waals surface area contributed by atoms with E-state index in [4.69, 9.17) is 28.9 Å². The van der Waals surface area contributed by atoms with Crippen molar-refractivity contribution in [3.8, 4) is 0 Å². The summed E-state index contributed by atoms with van der Waals surface area (Å²) in [5.74, 6) is -1.68. The number of amides is 1. The third-order valence-electron chi connectivity index (χ3n) is 2.67. The lowest BCUT2D eigenvalue weighted by Gasteiger charge is -2.21. The number of alkyl halides is 5. The van der Waals surface area contributed by atoms with Crippen molar-refractivity contribution in [2.75, 3.05) is 13.1 Å². The van der Waals surface area contributed by atoms with Crippen LogP contribution in [0.25, 0.3) is 0 Å². The quantitative estimate of drug-likeness (QED) is 0.721. The SMILES string of the molecule is NC(=O)CN(CC(Cl)Cl)S(=O)(=O)Cc1cccc(C(F)(F)F)c1. The molecule has 1 rings (SSSR count). The number of nitrogens with zero attached hydrogens (tertiary/aromatic N) is 1. The van der Waals surface area contributed by atoms with E-state index < -0.39 is 51.3 Å². The number of sulfonamides is 1. The van der Waals surface area contributed by atoms with Gasteiger partial charge in [0.1, 0.15) is 4.84 Å². The molecule has 0 fully saturated rings. The summed E-state index contributed by atoms with van der Waals surface area (Å²) < 4.78 is 63.1. The van der Waals surface area contributed by atoms with Gasteiger partial charge in [-0.2, -0.15) is 17.5 Å². The van der Waals surface area contributed by atoms with Crippen LogP contribution < -0.4 is 5.73 Å². The second-order valence-electron chi connectivity index (χ2n) is 4.60. The van der Waals surface area contributed by atoms with Crippen molar-refractivity contribution < 1.29 is 26.4 Å². The Hall–Kier alpha value is -1.03. The van der Waals surface area contributed by atoms with Crippen LogP contribution in [0.5, 0.6) is 0 Å². The normalized spacial score (nSPS) is 12.8. The lowest BCUT2D eigenvalue weighted by Crippen LogP contribution is -2.41. The van der Waals surface area contributed by atoms with E-state index >= 15 is 0 Å². The van der Waals surface area contributed by atoms with Crippen LogP contribution in [0.1, 0.15) is 11.1 Å². The monoisotopic (exact) mass is 392 g/mol. The Morgan fingerprint density at radius 1 is 1.30 bits per heavy atom. The molecule has 0 spiro atoms. The zero-order chi connectivity index (χ0) is 17.8. The number of hydrogen-bond donors (Lipinski definition) is 1. The number of carbonyl (C=O) groups is 1. The van der Waals surface area contributed by atoms with E-state index in [1.165, 1.54) is 6.07 Å². The van der Waals surface area contributed by atoms with Gasteiger partial charge in [0.2, 0.25) is 15.9 Å². The van der Waals surface area contributed by atoms with Crippen molar-refractivity contribution in [2.24, 2.45) is 5.73 Å². The van der Waals surface area contributed by atoms with E-state index in [1.54, 1.807) is 0 Å². The molecule has 0 radical (unpaired) electrons.